The maximum absolute atomic E-state index is 7.24. The molecule has 0 aliphatic heterocycles. The fraction of sp³-hybridized carbons (Fsp3) is 0.182. The number of rotatable bonds is 3. The molecular formula is C11H14N2O. The van der Waals surface area contributed by atoms with Gasteiger partial charge in [0.1, 0.15) is 17.3 Å². The number of hydrogen-bond donors (Lipinski definition) is 2. The van der Waals surface area contributed by atoms with Crippen LogP contribution in [0, 0.1) is 5.41 Å². The molecule has 0 saturated carbocycles. The number of ether oxygens (including phenoxy) is 1. The van der Waals surface area contributed by atoms with E-state index in [1.807, 2.05) is 30.3 Å². The second-order valence-corrected chi connectivity index (χ2v) is 3.01. The van der Waals surface area contributed by atoms with Crippen LogP contribution in [0.4, 0.5) is 0 Å². The summed E-state index contributed by atoms with van der Waals surface area (Å²) in [6.45, 7) is 3.56. The smallest absolute Gasteiger partial charge is 0.126 e. The first kappa shape index (κ1) is 10.3. The van der Waals surface area contributed by atoms with Gasteiger partial charge in [0.2, 0.25) is 0 Å². The van der Waals surface area contributed by atoms with Gasteiger partial charge in [-0.3, -0.25) is 5.41 Å². The normalized spacial score (nSPS) is 11.9. The third kappa shape index (κ3) is 2.62. The van der Waals surface area contributed by atoms with E-state index in [9.17, 15) is 0 Å². The lowest BCUT2D eigenvalue weighted by atomic mass is 10.2. The highest BCUT2D eigenvalue weighted by molar-refractivity contribution is 5.94. The zero-order chi connectivity index (χ0) is 10.6. The number of nitrogens with two attached hydrogens (primary N) is 1. The monoisotopic (exact) mass is 190 g/mol. The topological polar surface area (TPSA) is 59.1 Å². The summed E-state index contributed by atoms with van der Waals surface area (Å²) in [6.07, 6.45) is 0. The Kier molecular flexibility index (Phi) is 3.29. The van der Waals surface area contributed by atoms with Gasteiger partial charge in [-0.05, 0) is 26.0 Å². The van der Waals surface area contributed by atoms with E-state index in [1.54, 1.807) is 13.8 Å². The Morgan fingerprint density at radius 3 is 2.29 bits per heavy atom. The predicted molar refractivity (Wildman–Crippen MR) is 57.4 cm³/mol. The summed E-state index contributed by atoms with van der Waals surface area (Å²) in [7, 11) is 0. The Morgan fingerprint density at radius 2 is 1.79 bits per heavy atom. The second-order valence-electron chi connectivity index (χ2n) is 3.01. The maximum atomic E-state index is 7.24. The molecule has 0 saturated heterocycles. The van der Waals surface area contributed by atoms with Crippen LogP contribution in [-0.4, -0.2) is 5.84 Å². The van der Waals surface area contributed by atoms with Crippen LogP contribution in [0.5, 0.6) is 5.75 Å². The van der Waals surface area contributed by atoms with Gasteiger partial charge >= 0.3 is 0 Å². The van der Waals surface area contributed by atoms with Gasteiger partial charge in [0, 0.05) is 5.57 Å². The molecule has 0 bridgehead atoms. The molecule has 0 aliphatic carbocycles. The van der Waals surface area contributed by atoms with Crippen molar-refractivity contribution in [3.63, 3.8) is 0 Å². The van der Waals surface area contributed by atoms with E-state index in [-0.39, 0.29) is 5.84 Å². The maximum Gasteiger partial charge on any atom is 0.126 e. The largest absolute Gasteiger partial charge is 0.462 e. The van der Waals surface area contributed by atoms with E-state index in [4.69, 9.17) is 15.9 Å². The minimum absolute atomic E-state index is 0.0402. The van der Waals surface area contributed by atoms with Crippen LogP contribution in [-0.2, 0) is 0 Å². The number of hydrogen-bond acceptors (Lipinski definition) is 2. The molecule has 0 atom stereocenters. The van der Waals surface area contributed by atoms with Gasteiger partial charge in [0.05, 0.1) is 0 Å². The molecule has 74 valence electrons. The van der Waals surface area contributed by atoms with E-state index in [2.05, 4.69) is 0 Å². The molecule has 1 rings (SSSR count). The molecule has 0 unspecified atom stereocenters. The molecule has 14 heavy (non-hydrogen) atoms. The summed E-state index contributed by atoms with van der Waals surface area (Å²) in [5.41, 5.74) is 6.00. The molecular weight excluding hydrogens is 176 g/mol. The third-order valence-electron chi connectivity index (χ3n) is 1.95. The fourth-order valence-electron chi connectivity index (χ4n) is 0.932. The Morgan fingerprint density at radius 1 is 1.21 bits per heavy atom. The van der Waals surface area contributed by atoms with Crippen molar-refractivity contribution in [1.29, 1.82) is 5.41 Å². The Hall–Kier alpha value is -1.77. The lowest BCUT2D eigenvalue weighted by molar-refractivity contribution is 0.424. The van der Waals surface area contributed by atoms with E-state index in [1.165, 1.54) is 0 Å². The first-order valence-electron chi connectivity index (χ1n) is 4.36. The van der Waals surface area contributed by atoms with Gasteiger partial charge in [0.25, 0.3) is 0 Å². The minimum Gasteiger partial charge on any atom is -0.462 e. The van der Waals surface area contributed by atoms with Gasteiger partial charge in [-0.15, -0.1) is 0 Å². The van der Waals surface area contributed by atoms with Crippen LogP contribution >= 0.6 is 0 Å². The first-order valence-corrected chi connectivity index (χ1v) is 4.36. The van der Waals surface area contributed by atoms with Crippen LogP contribution in [0.3, 0.4) is 0 Å². The minimum atomic E-state index is 0.0402. The molecule has 0 spiro atoms. The molecule has 3 heteroatoms. The Balaban J connectivity index is 2.80. The van der Waals surface area contributed by atoms with E-state index >= 15 is 0 Å². The molecule has 0 amide bonds. The van der Waals surface area contributed by atoms with Gasteiger partial charge in [0.15, 0.2) is 0 Å². The lowest BCUT2D eigenvalue weighted by Crippen LogP contribution is -2.13. The standard InChI is InChI=1S/C11H14N2O/c1-8(11(12)13)9(2)14-10-6-4-3-5-7-10/h3-7H,1-2H3,(H3,12,13). The van der Waals surface area contributed by atoms with Crippen molar-refractivity contribution in [2.45, 2.75) is 13.8 Å². The molecule has 0 fully saturated rings. The van der Waals surface area contributed by atoms with Crippen LogP contribution in [0.2, 0.25) is 0 Å². The fourth-order valence-corrected chi connectivity index (χ4v) is 0.932. The van der Waals surface area contributed by atoms with Gasteiger partial charge < -0.3 is 10.5 Å². The summed E-state index contributed by atoms with van der Waals surface area (Å²) >= 11 is 0. The van der Waals surface area contributed by atoms with Crippen molar-refractivity contribution in [2.75, 3.05) is 0 Å². The number of benzene rings is 1. The summed E-state index contributed by atoms with van der Waals surface area (Å²) in [6, 6.07) is 9.43. The summed E-state index contributed by atoms with van der Waals surface area (Å²) in [5.74, 6) is 1.45. The summed E-state index contributed by atoms with van der Waals surface area (Å²) < 4.78 is 5.50. The van der Waals surface area contributed by atoms with Crippen LogP contribution in [0.1, 0.15) is 13.8 Å². The Labute approximate surface area is 83.7 Å². The van der Waals surface area contributed by atoms with Crippen LogP contribution < -0.4 is 10.5 Å². The second kappa shape index (κ2) is 4.46. The summed E-state index contributed by atoms with van der Waals surface area (Å²) in [5, 5.41) is 7.24. The SMILES string of the molecule is CC(Oc1ccccc1)=C(C)C(=N)N. The molecule has 1 aromatic carbocycles. The summed E-state index contributed by atoms with van der Waals surface area (Å²) in [4.78, 5) is 0. The highest BCUT2D eigenvalue weighted by Gasteiger charge is 2.01. The Bertz CT molecular complexity index is 355. The lowest BCUT2D eigenvalue weighted by Gasteiger charge is -2.08. The number of amidine groups is 1. The van der Waals surface area contributed by atoms with Crippen molar-refractivity contribution in [2.24, 2.45) is 5.73 Å². The molecule has 0 heterocycles. The molecule has 0 aromatic heterocycles. The molecule has 3 N–H and O–H groups in total. The van der Waals surface area contributed by atoms with E-state index < -0.39 is 0 Å². The molecule has 3 nitrogen and oxygen atoms in total. The van der Waals surface area contributed by atoms with Crippen molar-refractivity contribution in [3.05, 3.63) is 41.7 Å². The number of nitrogens with one attached hydrogen (secondary N) is 1. The van der Waals surface area contributed by atoms with Crippen molar-refractivity contribution in [3.8, 4) is 5.75 Å². The van der Waals surface area contributed by atoms with Gasteiger partial charge in [-0.25, -0.2) is 0 Å². The van der Waals surface area contributed by atoms with Gasteiger partial charge in [-0.2, -0.15) is 0 Å². The average Bonchev–Trinajstić information content (AvgIpc) is 2.18. The molecule has 0 aliphatic rings. The predicted octanol–water partition coefficient (Wildman–Crippen LogP) is 2.30. The van der Waals surface area contributed by atoms with Crippen LogP contribution in [0.25, 0.3) is 0 Å². The molecule has 1 aromatic rings. The van der Waals surface area contributed by atoms with E-state index in [0.29, 0.717) is 11.3 Å². The molecule has 0 radical (unpaired) electrons. The quantitative estimate of drug-likeness (QED) is 0.436. The van der Waals surface area contributed by atoms with E-state index in [0.717, 1.165) is 5.75 Å². The number of allylic oxidation sites excluding steroid dienone is 1. The zero-order valence-electron chi connectivity index (χ0n) is 8.37. The van der Waals surface area contributed by atoms with Gasteiger partial charge in [-0.1, -0.05) is 18.2 Å². The average molecular weight is 190 g/mol. The first-order chi connectivity index (χ1) is 6.61. The van der Waals surface area contributed by atoms with Crippen molar-refractivity contribution in [1.82, 2.24) is 0 Å². The number of para-hydroxylation sites is 1. The third-order valence-corrected chi connectivity index (χ3v) is 1.95. The van der Waals surface area contributed by atoms with Crippen molar-refractivity contribution >= 4 is 5.84 Å². The van der Waals surface area contributed by atoms with Crippen LogP contribution in [0.15, 0.2) is 41.7 Å². The highest BCUT2D eigenvalue weighted by Crippen LogP contribution is 2.14. The zero-order valence-corrected chi connectivity index (χ0v) is 8.37. The van der Waals surface area contributed by atoms with Crippen molar-refractivity contribution < 1.29 is 4.74 Å². The highest BCUT2D eigenvalue weighted by atomic mass is 16.5.